The van der Waals surface area contributed by atoms with Crippen LogP contribution in [-0.2, 0) is 12.8 Å². The normalized spacial score (nSPS) is 20.6. The van der Waals surface area contributed by atoms with Gasteiger partial charge in [-0.05, 0) is 48.6 Å². The Morgan fingerprint density at radius 2 is 1.74 bits per heavy atom. The van der Waals surface area contributed by atoms with Gasteiger partial charge in [0.25, 0.3) is 5.91 Å². The highest BCUT2D eigenvalue weighted by Gasteiger charge is 2.29. The molecule has 6 nitrogen and oxygen atoms in total. The van der Waals surface area contributed by atoms with Crippen molar-refractivity contribution in [2.45, 2.75) is 25.3 Å². The van der Waals surface area contributed by atoms with E-state index in [9.17, 15) is 4.79 Å². The summed E-state index contributed by atoms with van der Waals surface area (Å²) in [4.78, 5) is 17.4. The number of fused-ring (bicyclic) bond motifs is 2. The first kappa shape index (κ1) is 16.4. The molecule has 0 bridgehead atoms. The van der Waals surface area contributed by atoms with Crippen LogP contribution in [0.3, 0.4) is 0 Å². The van der Waals surface area contributed by atoms with Crippen molar-refractivity contribution in [1.82, 2.24) is 25.2 Å². The molecule has 1 amide bonds. The second-order valence-electron chi connectivity index (χ2n) is 7.52. The van der Waals surface area contributed by atoms with Gasteiger partial charge in [-0.3, -0.25) is 9.69 Å². The summed E-state index contributed by atoms with van der Waals surface area (Å²) in [5, 5.41) is 10.7. The van der Waals surface area contributed by atoms with Gasteiger partial charge in [0, 0.05) is 37.8 Å². The van der Waals surface area contributed by atoms with E-state index in [1.165, 1.54) is 17.5 Å². The lowest BCUT2D eigenvalue weighted by atomic mass is 9.87. The number of hydrogen-bond donors (Lipinski definition) is 1. The van der Waals surface area contributed by atoms with Gasteiger partial charge in [-0.2, -0.15) is 15.4 Å². The number of carbonyl (C=O) groups excluding carboxylic acids is 1. The number of nitrogens with zero attached hydrogens (tertiary/aromatic N) is 4. The van der Waals surface area contributed by atoms with Gasteiger partial charge in [-0.15, -0.1) is 0 Å². The van der Waals surface area contributed by atoms with Crippen LogP contribution < -0.4 is 0 Å². The zero-order chi connectivity index (χ0) is 18.2. The Labute approximate surface area is 158 Å². The second-order valence-corrected chi connectivity index (χ2v) is 7.52. The van der Waals surface area contributed by atoms with Crippen molar-refractivity contribution in [3.63, 3.8) is 0 Å². The molecular weight excluding hydrogens is 338 g/mol. The van der Waals surface area contributed by atoms with Crippen molar-refractivity contribution in [1.29, 1.82) is 0 Å². The Morgan fingerprint density at radius 1 is 0.963 bits per heavy atom. The fourth-order valence-corrected chi connectivity index (χ4v) is 4.44. The van der Waals surface area contributed by atoms with Gasteiger partial charge < -0.3 is 4.90 Å². The highest BCUT2D eigenvalue weighted by molar-refractivity contribution is 5.97. The minimum atomic E-state index is 0.0912. The Hall–Kier alpha value is -2.73. The summed E-state index contributed by atoms with van der Waals surface area (Å²) in [6.45, 7) is 3.47. The molecule has 0 unspecified atom stereocenters. The summed E-state index contributed by atoms with van der Waals surface area (Å²) in [6, 6.07) is 14.9. The standard InChI is InChI=1S/C21H23N5O/c27-21(17-6-8-19-20(14-17)23-24-22-19)26-11-9-25(10-12-26)18-7-5-15-3-1-2-4-16(15)13-18/h1-4,6,8,14,18H,5,7,9-13H2,(H,22,23,24)/t18-/m1/s1. The monoisotopic (exact) mass is 361 g/mol. The van der Waals surface area contributed by atoms with Crippen molar-refractivity contribution in [3.8, 4) is 0 Å². The molecule has 6 heteroatoms. The largest absolute Gasteiger partial charge is 0.336 e. The summed E-state index contributed by atoms with van der Waals surface area (Å²) < 4.78 is 0. The number of aromatic nitrogens is 3. The van der Waals surface area contributed by atoms with Crippen LogP contribution in [0.5, 0.6) is 0 Å². The van der Waals surface area contributed by atoms with Gasteiger partial charge >= 0.3 is 0 Å². The summed E-state index contributed by atoms with van der Waals surface area (Å²) in [7, 11) is 0. The molecule has 0 radical (unpaired) electrons. The van der Waals surface area contributed by atoms with E-state index in [2.05, 4.69) is 44.6 Å². The van der Waals surface area contributed by atoms with Gasteiger partial charge in [-0.25, -0.2) is 0 Å². The minimum Gasteiger partial charge on any atom is -0.336 e. The fourth-order valence-electron chi connectivity index (χ4n) is 4.44. The molecule has 1 aromatic heterocycles. The van der Waals surface area contributed by atoms with Gasteiger partial charge in [0.05, 0.1) is 0 Å². The van der Waals surface area contributed by atoms with Crippen molar-refractivity contribution in [3.05, 3.63) is 59.2 Å². The molecule has 138 valence electrons. The number of carbonyl (C=O) groups is 1. The van der Waals surface area contributed by atoms with Gasteiger partial charge in [0.2, 0.25) is 0 Å². The molecule has 3 aromatic rings. The van der Waals surface area contributed by atoms with Crippen molar-refractivity contribution in [2.75, 3.05) is 26.2 Å². The average Bonchev–Trinajstić information content (AvgIpc) is 3.21. The van der Waals surface area contributed by atoms with E-state index in [1.807, 2.05) is 23.1 Å². The maximum absolute atomic E-state index is 12.9. The lowest BCUT2D eigenvalue weighted by Gasteiger charge is -2.41. The molecule has 1 fully saturated rings. The zero-order valence-corrected chi connectivity index (χ0v) is 15.3. The maximum atomic E-state index is 12.9. The van der Waals surface area contributed by atoms with E-state index in [0.717, 1.165) is 50.1 Å². The van der Waals surface area contributed by atoms with Crippen LogP contribution in [0.15, 0.2) is 42.5 Å². The predicted octanol–water partition coefficient (Wildman–Crippen LogP) is 2.27. The SMILES string of the molecule is O=C(c1ccc2n[nH]nc2c1)N1CCN([C@@H]2CCc3ccccc3C2)CC1. The summed E-state index contributed by atoms with van der Waals surface area (Å²) in [6.07, 6.45) is 3.51. The molecule has 2 aromatic carbocycles. The van der Waals surface area contributed by atoms with E-state index in [4.69, 9.17) is 0 Å². The highest BCUT2D eigenvalue weighted by atomic mass is 16.2. The smallest absolute Gasteiger partial charge is 0.254 e. The molecule has 1 aliphatic heterocycles. The Bertz CT molecular complexity index is 973. The van der Waals surface area contributed by atoms with Crippen molar-refractivity contribution in [2.24, 2.45) is 0 Å². The van der Waals surface area contributed by atoms with Crippen LogP contribution in [0.1, 0.15) is 27.9 Å². The molecule has 1 saturated heterocycles. The quantitative estimate of drug-likeness (QED) is 0.760. The van der Waals surface area contributed by atoms with Crippen LogP contribution in [0.2, 0.25) is 0 Å². The molecule has 0 spiro atoms. The Balaban J connectivity index is 1.23. The zero-order valence-electron chi connectivity index (χ0n) is 15.3. The first-order valence-electron chi connectivity index (χ1n) is 9.68. The number of hydrogen-bond acceptors (Lipinski definition) is 4. The van der Waals surface area contributed by atoms with Crippen LogP contribution in [-0.4, -0.2) is 63.3 Å². The van der Waals surface area contributed by atoms with Gasteiger partial charge in [-0.1, -0.05) is 24.3 Å². The van der Waals surface area contributed by atoms with E-state index in [-0.39, 0.29) is 5.91 Å². The second kappa shape index (κ2) is 6.78. The third-order valence-electron chi connectivity index (χ3n) is 6.00. The van der Waals surface area contributed by atoms with Crippen molar-refractivity contribution < 1.29 is 4.79 Å². The summed E-state index contributed by atoms with van der Waals surface area (Å²) in [5.74, 6) is 0.0912. The molecule has 0 saturated carbocycles. The van der Waals surface area contributed by atoms with Gasteiger partial charge in [0.1, 0.15) is 11.0 Å². The topological polar surface area (TPSA) is 65.1 Å². The van der Waals surface area contributed by atoms with Crippen LogP contribution in [0.4, 0.5) is 0 Å². The van der Waals surface area contributed by atoms with E-state index in [1.54, 1.807) is 0 Å². The third-order valence-corrected chi connectivity index (χ3v) is 6.00. The van der Waals surface area contributed by atoms with E-state index in [0.29, 0.717) is 11.6 Å². The average molecular weight is 361 g/mol. The number of H-pyrrole nitrogens is 1. The molecule has 2 aliphatic rings. The number of benzene rings is 2. The summed E-state index contributed by atoms with van der Waals surface area (Å²) >= 11 is 0. The van der Waals surface area contributed by atoms with Crippen LogP contribution in [0, 0.1) is 0 Å². The molecule has 2 heterocycles. The lowest BCUT2D eigenvalue weighted by molar-refractivity contribution is 0.0553. The Kier molecular flexibility index (Phi) is 4.13. The first-order chi connectivity index (χ1) is 13.3. The number of nitrogens with one attached hydrogen (secondary N) is 1. The van der Waals surface area contributed by atoms with E-state index < -0.39 is 0 Å². The Morgan fingerprint density at radius 3 is 2.59 bits per heavy atom. The van der Waals surface area contributed by atoms with Gasteiger partial charge in [0.15, 0.2) is 0 Å². The molecular formula is C21H23N5O. The number of aryl methyl sites for hydroxylation is 1. The third kappa shape index (κ3) is 3.10. The lowest BCUT2D eigenvalue weighted by Crippen LogP contribution is -2.53. The predicted molar refractivity (Wildman–Crippen MR) is 104 cm³/mol. The number of amides is 1. The first-order valence-corrected chi connectivity index (χ1v) is 9.68. The molecule has 5 rings (SSSR count). The summed E-state index contributed by atoms with van der Waals surface area (Å²) in [5.41, 5.74) is 5.21. The van der Waals surface area contributed by atoms with Crippen LogP contribution >= 0.6 is 0 Å². The number of aromatic amines is 1. The highest BCUT2D eigenvalue weighted by Crippen LogP contribution is 2.25. The van der Waals surface area contributed by atoms with Crippen molar-refractivity contribution >= 4 is 16.9 Å². The molecule has 1 aliphatic carbocycles. The molecule has 27 heavy (non-hydrogen) atoms. The number of piperazine rings is 1. The van der Waals surface area contributed by atoms with Crippen LogP contribution in [0.25, 0.3) is 11.0 Å². The number of rotatable bonds is 2. The van der Waals surface area contributed by atoms with E-state index >= 15 is 0 Å². The minimum absolute atomic E-state index is 0.0912. The molecule has 1 N–H and O–H groups in total. The maximum Gasteiger partial charge on any atom is 0.254 e. The molecule has 1 atom stereocenters. The fraction of sp³-hybridized carbons (Fsp3) is 0.381.